The van der Waals surface area contributed by atoms with Gasteiger partial charge in [-0.1, -0.05) is 0 Å². The average Bonchev–Trinajstić information content (AvgIpc) is 2.52. The molecule has 0 radical (unpaired) electrons. The summed E-state index contributed by atoms with van der Waals surface area (Å²) in [6.45, 7) is 1.70. The van der Waals surface area contributed by atoms with Gasteiger partial charge < -0.3 is 5.32 Å². The van der Waals surface area contributed by atoms with Crippen LogP contribution in [0.25, 0.3) is 0 Å². The monoisotopic (exact) mass is 349 g/mol. The summed E-state index contributed by atoms with van der Waals surface area (Å²) in [5.41, 5.74) is -0.476. The summed E-state index contributed by atoms with van der Waals surface area (Å²) < 4.78 is 36.2. The van der Waals surface area contributed by atoms with E-state index in [4.69, 9.17) is 0 Å². The number of carbonyl (C=O) groups is 1. The number of nitrogens with one attached hydrogen (secondary N) is 1. The van der Waals surface area contributed by atoms with Crippen molar-refractivity contribution in [2.75, 3.05) is 11.5 Å². The van der Waals surface area contributed by atoms with Gasteiger partial charge in [0.05, 0.1) is 22.6 Å². The predicted molar refractivity (Wildman–Crippen MR) is 73.2 cm³/mol. The van der Waals surface area contributed by atoms with E-state index in [2.05, 4.69) is 21.2 Å². The van der Waals surface area contributed by atoms with E-state index in [-0.39, 0.29) is 17.1 Å². The van der Waals surface area contributed by atoms with Gasteiger partial charge in [-0.25, -0.2) is 12.8 Å². The topological polar surface area (TPSA) is 63.2 Å². The van der Waals surface area contributed by atoms with Crippen LogP contribution in [0, 0.1) is 5.82 Å². The van der Waals surface area contributed by atoms with Crippen molar-refractivity contribution in [3.8, 4) is 0 Å². The number of hydrogen-bond donors (Lipinski definition) is 1. The molecular formula is C12H13BrFNO3S. The molecule has 4 nitrogen and oxygen atoms in total. The largest absolute Gasteiger partial charge is 0.346 e. The van der Waals surface area contributed by atoms with Crippen molar-refractivity contribution in [3.63, 3.8) is 0 Å². The molecule has 1 N–H and O–H groups in total. The van der Waals surface area contributed by atoms with Crippen LogP contribution in [0.1, 0.15) is 23.7 Å². The Morgan fingerprint density at radius 1 is 1.47 bits per heavy atom. The highest BCUT2D eigenvalue weighted by atomic mass is 79.9. The van der Waals surface area contributed by atoms with Crippen LogP contribution in [0.5, 0.6) is 0 Å². The molecule has 0 spiro atoms. The van der Waals surface area contributed by atoms with Gasteiger partial charge in [0.1, 0.15) is 5.82 Å². The number of amides is 1. The van der Waals surface area contributed by atoms with E-state index in [9.17, 15) is 17.6 Å². The Kier molecular flexibility index (Phi) is 3.70. The summed E-state index contributed by atoms with van der Waals surface area (Å²) in [5, 5.41) is 2.72. The van der Waals surface area contributed by atoms with Crippen molar-refractivity contribution in [1.29, 1.82) is 0 Å². The zero-order valence-corrected chi connectivity index (χ0v) is 12.6. The molecule has 1 aliphatic heterocycles. The quantitative estimate of drug-likeness (QED) is 0.886. The van der Waals surface area contributed by atoms with Crippen LogP contribution in [0.3, 0.4) is 0 Å². The fourth-order valence-corrected chi connectivity index (χ4v) is 4.75. The van der Waals surface area contributed by atoms with Crippen molar-refractivity contribution in [3.05, 3.63) is 34.1 Å². The molecule has 2 rings (SSSR count). The van der Waals surface area contributed by atoms with E-state index in [1.807, 2.05) is 0 Å². The molecule has 104 valence electrons. The van der Waals surface area contributed by atoms with Gasteiger partial charge in [-0.05, 0) is 47.5 Å². The molecule has 19 heavy (non-hydrogen) atoms. The zero-order valence-electron chi connectivity index (χ0n) is 10.2. The molecule has 1 aromatic rings. The number of hydrogen-bond acceptors (Lipinski definition) is 3. The van der Waals surface area contributed by atoms with Gasteiger partial charge in [0.2, 0.25) is 0 Å². The first-order valence-electron chi connectivity index (χ1n) is 5.69. The van der Waals surface area contributed by atoms with E-state index in [0.29, 0.717) is 10.9 Å². The Morgan fingerprint density at radius 2 is 2.16 bits per heavy atom. The van der Waals surface area contributed by atoms with E-state index >= 15 is 0 Å². The molecule has 1 fully saturated rings. The maximum absolute atomic E-state index is 13.0. The molecule has 0 aromatic heterocycles. The lowest BCUT2D eigenvalue weighted by Crippen LogP contribution is -2.47. The number of halogens is 2. The fraction of sp³-hybridized carbons (Fsp3) is 0.417. The van der Waals surface area contributed by atoms with E-state index in [1.54, 1.807) is 6.92 Å². The number of sulfone groups is 1. The SMILES string of the molecule is CC1(NC(=O)c2ccc(F)cc2Br)CCS(=O)(=O)C1. The molecule has 1 aliphatic rings. The van der Waals surface area contributed by atoms with Crippen molar-refractivity contribution >= 4 is 31.7 Å². The van der Waals surface area contributed by atoms with E-state index in [1.165, 1.54) is 18.2 Å². The minimum Gasteiger partial charge on any atom is -0.346 e. The van der Waals surface area contributed by atoms with Crippen molar-refractivity contribution < 1.29 is 17.6 Å². The molecule has 1 saturated heterocycles. The Hall–Kier alpha value is -0.950. The predicted octanol–water partition coefficient (Wildman–Crippen LogP) is 1.90. The molecular weight excluding hydrogens is 337 g/mol. The van der Waals surface area contributed by atoms with Crippen LogP contribution in [0.2, 0.25) is 0 Å². The van der Waals surface area contributed by atoms with Crippen LogP contribution in [0.4, 0.5) is 4.39 Å². The van der Waals surface area contributed by atoms with E-state index < -0.39 is 27.1 Å². The van der Waals surface area contributed by atoms with Crippen molar-refractivity contribution in [1.82, 2.24) is 5.32 Å². The third kappa shape index (κ3) is 3.33. The third-order valence-corrected chi connectivity index (χ3v) is 5.65. The second-order valence-corrected chi connectivity index (χ2v) is 8.02. The number of rotatable bonds is 2. The van der Waals surface area contributed by atoms with Gasteiger partial charge in [0.25, 0.3) is 5.91 Å². The summed E-state index contributed by atoms with van der Waals surface area (Å²) in [7, 11) is -3.09. The molecule has 1 amide bonds. The molecule has 0 bridgehead atoms. The lowest BCUT2D eigenvalue weighted by molar-refractivity contribution is 0.0914. The molecule has 1 atom stereocenters. The van der Waals surface area contributed by atoms with Crippen molar-refractivity contribution in [2.45, 2.75) is 18.9 Å². The van der Waals surface area contributed by atoms with Crippen LogP contribution >= 0.6 is 15.9 Å². The fourth-order valence-electron chi connectivity index (χ4n) is 2.12. The first kappa shape index (κ1) is 14.5. The van der Waals surface area contributed by atoms with Gasteiger partial charge >= 0.3 is 0 Å². The Labute approximate surface area is 119 Å². The highest BCUT2D eigenvalue weighted by molar-refractivity contribution is 9.10. The molecule has 1 heterocycles. The van der Waals surface area contributed by atoms with Crippen LogP contribution < -0.4 is 5.32 Å². The molecule has 1 unspecified atom stereocenters. The van der Waals surface area contributed by atoms with Crippen LogP contribution in [0.15, 0.2) is 22.7 Å². The standard InChI is InChI=1S/C12H13BrFNO3S/c1-12(4-5-19(17,18)7-12)15-11(16)9-3-2-8(14)6-10(9)13/h2-3,6H,4-5,7H2,1H3,(H,15,16). The Morgan fingerprint density at radius 3 is 2.68 bits per heavy atom. The lowest BCUT2D eigenvalue weighted by Gasteiger charge is -2.24. The Balaban J connectivity index is 2.18. The maximum atomic E-state index is 13.0. The highest BCUT2D eigenvalue weighted by Crippen LogP contribution is 2.25. The van der Waals surface area contributed by atoms with Crippen LogP contribution in [-0.4, -0.2) is 31.4 Å². The average molecular weight is 350 g/mol. The number of carbonyl (C=O) groups excluding carboxylic acids is 1. The normalized spacial score (nSPS) is 25.2. The number of benzene rings is 1. The van der Waals surface area contributed by atoms with Gasteiger partial charge in [0, 0.05) is 4.47 Å². The first-order valence-corrected chi connectivity index (χ1v) is 8.30. The zero-order chi connectivity index (χ0) is 14.3. The second-order valence-electron chi connectivity index (χ2n) is 4.98. The summed E-state index contributed by atoms with van der Waals surface area (Å²) in [4.78, 5) is 12.1. The Bertz CT molecular complexity index is 632. The molecule has 7 heteroatoms. The van der Waals surface area contributed by atoms with Gasteiger partial charge in [-0.15, -0.1) is 0 Å². The highest BCUT2D eigenvalue weighted by Gasteiger charge is 2.39. The maximum Gasteiger partial charge on any atom is 0.252 e. The summed E-state index contributed by atoms with van der Waals surface area (Å²) in [6.07, 6.45) is 0.389. The third-order valence-electron chi connectivity index (χ3n) is 3.09. The molecule has 0 aliphatic carbocycles. The minimum absolute atomic E-state index is 0.0649. The lowest BCUT2D eigenvalue weighted by atomic mass is 10.0. The second kappa shape index (κ2) is 4.86. The molecule has 1 aromatic carbocycles. The van der Waals surface area contributed by atoms with Gasteiger partial charge in [0.15, 0.2) is 9.84 Å². The van der Waals surface area contributed by atoms with Crippen LogP contribution in [-0.2, 0) is 9.84 Å². The smallest absolute Gasteiger partial charge is 0.252 e. The summed E-state index contributed by atoms with van der Waals surface area (Å²) >= 11 is 3.12. The van der Waals surface area contributed by atoms with Crippen molar-refractivity contribution in [2.24, 2.45) is 0 Å². The summed E-state index contributed by atoms with van der Waals surface area (Å²) in [6, 6.07) is 3.75. The van der Waals surface area contributed by atoms with E-state index in [0.717, 1.165) is 0 Å². The molecule has 0 saturated carbocycles. The minimum atomic E-state index is -3.09. The van der Waals surface area contributed by atoms with Gasteiger partial charge in [-0.3, -0.25) is 4.79 Å². The van der Waals surface area contributed by atoms with Gasteiger partial charge in [-0.2, -0.15) is 0 Å². The summed E-state index contributed by atoms with van der Waals surface area (Å²) in [5.74, 6) is -0.844. The first-order chi connectivity index (χ1) is 8.71.